The summed E-state index contributed by atoms with van der Waals surface area (Å²) in [6, 6.07) is -0.234. The number of carbonyl (C=O) groups is 1. The summed E-state index contributed by atoms with van der Waals surface area (Å²) >= 11 is 0. The molecule has 90 valence electrons. The number of hydrogen-bond acceptors (Lipinski definition) is 3. The molecule has 1 aliphatic heterocycles. The fourth-order valence-corrected chi connectivity index (χ4v) is 2.59. The number of hydrogen-bond donors (Lipinski definition) is 1. The Morgan fingerprint density at radius 1 is 1.44 bits per heavy atom. The van der Waals surface area contributed by atoms with Gasteiger partial charge in [-0.25, -0.2) is 0 Å². The summed E-state index contributed by atoms with van der Waals surface area (Å²) in [6.07, 6.45) is 4.23. The zero-order valence-corrected chi connectivity index (χ0v) is 10.2. The number of ether oxygens (including phenoxy) is 1. The van der Waals surface area contributed by atoms with Gasteiger partial charge in [0.1, 0.15) is 17.5 Å². The van der Waals surface area contributed by atoms with E-state index in [1.807, 2.05) is 13.8 Å². The van der Waals surface area contributed by atoms with Gasteiger partial charge in [-0.05, 0) is 31.6 Å². The van der Waals surface area contributed by atoms with Crippen molar-refractivity contribution < 1.29 is 9.53 Å². The van der Waals surface area contributed by atoms with E-state index < -0.39 is 0 Å². The maximum absolute atomic E-state index is 11.8. The third kappa shape index (κ3) is 1.75. The number of methoxy groups -OCH3 is 1. The van der Waals surface area contributed by atoms with Gasteiger partial charge in [0.25, 0.3) is 0 Å². The van der Waals surface area contributed by atoms with Crippen molar-refractivity contribution in [2.45, 2.75) is 51.2 Å². The van der Waals surface area contributed by atoms with E-state index in [4.69, 9.17) is 4.74 Å². The molecule has 1 atom stereocenters. The van der Waals surface area contributed by atoms with Crippen LogP contribution in [0.5, 0.6) is 0 Å². The third-order valence-electron chi connectivity index (χ3n) is 3.64. The minimum absolute atomic E-state index is 0.0216. The minimum Gasteiger partial charge on any atom is -0.370 e. The maximum atomic E-state index is 11.8. The summed E-state index contributed by atoms with van der Waals surface area (Å²) in [5.41, 5.74) is -0.320. The Morgan fingerprint density at radius 2 is 2.06 bits per heavy atom. The van der Waals surface area contributed by atoms with Gasteiger partial charge in [0.05, 0.1) is 0 Å². The molecule has 0 aromatic rings. The first-order valence-corrected chi connectivity index (χ1v) is 6.03. The SMILES string of the molecule is COC1(C2=NC(C(C)C)C(=O)N2)CCCC1. The highest BCUT2D eigenvalue weighted by molar-refractivity contribution is 6.09. The van der Waals surface area contributed by atoms with Crippen LogP contribution in [0.4, 0.5) is 0 Å². The average Bonchev–Trinajstić information content (AvgIpc) is 2.84. The summed E-state index contributed by atoms with van der Waals surface area (Å²) in [4.78, 5) is 16.3. The highest BCUT2D eigenvalue weighted by Crippen LogP contribution is 2.35. The second-order valence-electron chi connectivity index (χ2n) is 5.06. The highest BCUT2D eigenvalue weighted by Gasteiger charge is 2.44. The molecule has 2 rings (SSSR count). The van der Waals surface area contributed by atoms with Crippen LogP contribution in [-0.2, 0) is 9.53 Å². The molecule has 1 unspecified atom stereocenters. The first kappa shape index (κ1) is 11.6. The van der Waals surface area contributed by atoms with Crippen molar-refractivity contribution in [3.05, 3.63) is 0 Å². The van der Waals surface area contributed by atoms with Gasteiger partial charge >= 0.3 is 0 Å². The molecular weight excluding hydrogens is 204 g/mol. The second-order valence-corrected chi connectivity index (χ2v) is 5.06. The van der Waals surface area contributed by atoms with Gasteiger partial charge in [-0.2, -0.15) is 0 Å². The lowest BCUT2D eigenvalue weighted by molar-refractivity contribution is -0.121. The highest BCUT2D eigenvalue weighted by atomic mass is 16.5. The number of carbonyl (C=O) groups excluding carboxylic acids is 1. The summed E-state index contributed by atoms with van der Waals surface area (Å²) in [6.45, 7) is 4.04. The van der Waals surface area contributed by atoms with Gasteiger partial charge < -0.3 is 10.1 Å². The summed E-state index contributed by atoms with van der Waals surface area (Å²) in [5.74, 6) is 1.03. The first-order valence-electron chi connectivity index (χ1n) is 6.03. The van der Waals surface area contributed by atoms with Gasteiger partial charge in [0, 0.05) is 7.11 Å². The molecule has 1 N–H and O–H groups in total. The van der Waals surface area contributed by atoms with Crippen LogP contribution >= 0.6 is 0 Å². The topological polar surface area (TPSA) is 50.7 Å². The van der Waals surface area contributed by atoms with Crippen LogP contribution in [-0.4, -0.2) is 30.5 Å². The molecule has 0 bridgehead atoms. The fraction of sp³-hybridized carbons (Fsp3) is 0.833. The molecule has 2 aliphatic rings. The normalized spacial score (nSPS) is 28.4. The standard InChI is InChI=1S/C12H20N2O2/c1-8(2)9-10(15)14-11(13-9)12(16-3)6-4-5-7-12/h8-9H,4-7H2,1-3H3,(H,13,14,15). The van der Waals surface area contributed by atoms with Gasteiger partial charge in [-0.1, -0.05) is 13.8 Å². The van der Waals surface area contributed by atoms with Crippen LogP contribution < -0.4 is 5.32 Å². The second kappa shape index (κ2) is 4.17. The van der Waals surface area contributed by atoms with Crippen LogP contribution in [0.2, 0.25) is 0 Å². The lowest BCUT2D eigenvalue weighted by Crippen LogP contribution is -2.45. The molecular formula is C12H20N2O2. The van der Waals surface area contributed by atoms with E-state index in [-0.39, 0.29) is 23.5 Å². The Kier molecular flexibility index (Phi) is 3.02. The number of aliphatic imine (C=N–C) groups is 1. The van der Waals surface area contributed by atoms with E-state index in [0.29, 0.717) is 0 Å². The lowest BCUT2D eigenvalue weighted by Gasteiger charge is -2.26. The zero-order chi connectivity index (χ0) is 11.8. The number of amidine groups is 1. The van der Waals surface area contributed by atoms with E-state index in [0.717, 1.165) is 31.5 Å². The van der Waals surface area contributed by atoms with Crippen molar-refractivity contribution in [1.29, 1.82) is 0 Å². The molecule has 0 spiro atoms. The van der Waals surface area contributed by atoms with E-state index in [2.05, 4.69) is 10.3 Å². The average molecular weight is 224 g/mol. The van der Waals surface area contributed by atoms with E-state index >= 15 is 0 Å². The summed E-state index contributed by atoms with van der Waals surface area (Å²) < 4.78 is 5.61. The van der Waals surface area contributed by atoms with E-state index in [1.165, 1.54) is 0 Å². The van der Waals surface area contributed by atoms with Crippen molar-refractivity contribution in [2.75, 3.05) is 7.11 Å². The largest absolute Gasteiger partial charge is 0.370 e. The van der Waals surface area contributed by atoms with Gasteiger partial charge in [-0.3, -0.25) is 9.79 Å². The van der Waals surface area contributed by atoms with Crippen molar-refractivity contribution >= 4 is 11.7 Å². The van der Waals surface area contributed by atoms with Gasteiger partial charge in [0.2, 0.25) is 5.91 Å². The van der Waals surface area contributed by atoms with Crippen LogP contribution in [0.15, 0.2) is 4.99 Å². The molecule has 0 aromatic heterocycles. The number of nitrogens with one attached hydrogen (secondary N) is 1. The van der Waals surface area contributed by atoms with Crippen molar-refractivity contribution in [2.24, 2.45) is 10.9 Å². The van der Waals surface area contributed by atoms with Crippen LogP contribution in [0.3, 0.4) is 0 Å². The van der Waals surface area contributed by atoms with Gasteiger partial charge in [0.15, 0.2) is 0 Å². The molecule has 1 aliphatic carbocycles. The molecule has 0 saturated heterocycles. The molecule has 1 heterocycles. The van der Waals surface area contributed by atoms with E-state index in [1.54, 1.807) is 7.11 Å². The van der Waals surface area contributed by atoms with Crippen molar-refractivity contribution in [3.63, 3.8) is 0 Å². The molecule has 4 nitrogen and oxygen atoms in total. The summed E-state index contributed by atoms with van der Waals surface area (Å²) in [7, 11) is 1.71. The van der Waals surface area contributed by atoms with Crippen LogP contribution in [0.25, 0.3) is 0 Å². The molecule has 1 fully saturated rings. The summed E-state index contributed by atoms with van der Waals surface area (Å²) in [5, 5.41) is 2.91. The Balaban J connectivity index is 2.22. The minimum atomic E-state index is -0.320. The predicted octanol–water partition coefficient (Wildman–Crippen LogP) is 1.50. The first-order chi connectivity index (χ1) is 7.59. The number of amides is 1. The van der Waals surface area contributed by atoms with E-state index in [9.17, 15) is 4.79 Å². The predicted molar refractivity (Wildman–Crippen MR) is 62.4 cm³/mol. The van der Waals surface area contributed by atoms with Gasteiger partial charge in [-0.15, -0.1) is 0 Å². The quantitative estimate of drug-likeness (QED) is 0.789. The smallest absolute Gasteiger partial charge is 0.250 e. The molecule has 4 heteroatoms. The molecule has 0 radical (unpaired) electrons. The molecule has 1 amide bonds. The van der Waals surface area contributed by atoms with Crippen molar-refractivity contribution in [1.82, 2.24) is 5.32 Å². The Bertz CT molecular complexity index is 317. The lowest BCUT2D eigenvalue weighted by atomic mass is 10.0. The monoisotopic (exact) mass is 224 g/mol. The number of rotatable bonds is 3. The van der Waals surface area contributed by atoms with Crippen LogP contribution in [0.1, 0.15) is 39.5 Å². The Morgan fingerprint density at radius 3 is 2.50 bits per heavy atom. The number of nitrogens with zero attached hydrogens (tertiary/aromatic N) is 1. The maximum Gasteiger partial charge on any atom is 0.250 e. The zero-order valence-electron chi connectivity index (χ0n) is 10.2. The van der Waals surface area contributed by atoms with Crippen molar-refractivity contribution in [3.8, 4) is 0 Å². The fourth-order valence-electron chi connectivity index (χ4n) is 2.59. The Labute approximate surface area is 96.5 Å². The molecule has 0 aromatic carbocycles. The third-order valence-corrected chi connectivity index (χ3v) is 3.64. The Hall–Kier alpha value is -0.900. The molecule has 1 saturated carbocycles. The van der Waals surface area contributed by atoms with Crippen LogP contribution in [0, 0.1) is 5.92 Å². The molecule has 16 heavy (non-hydrogen) atoms.